The van der Waals surface area contributed by atoms with Crippen molar-refractivity contribution in [1.29, 1.82) is 5.41 Å². The van der Waals surface area contributed by atoms with Gasteiger partial charge in [0, 0.05) is 30.4 Å². The van der Waals surface area contributed by atoms with Gasteiger partial charge < -0.3 is 30.7 Å². The molecule has 0 aliphatic carbocycles. The molecule has 0 spiro atoms. The summed E-state index contributed by atoms with van der Waals surface area (Å²) >= 11 is 0. The minimum Gasteiger partial charge on any atom is -0.492 e. The summed E-state index contributed by atoms with van der Waals surface area (Å²) in [5.74, 6) is -3.90. The Morgan fingerprint density at radius 3 is 2.46 bits per heavy atom. The predicted molar refractivity (Wildman–Crippen MR) is 149 cm³/mol. The van der Waals surface area contributed by atoms with Gasteiger partial charge in [0.2, 0.25) is 5.78 Å². The molecule has 3 aromatic rings. The monoisotopic (exact) mass is 559 g/mol. The van der Waals surface area contributed by atoms with Crippen LogP contribution in [0.4, 0.5) is 0 Å². The van der Waals surface area contributed by atoms with Crippen molar-refractivity contribution in [3.63, 3.8) is 0 Å². The maximum atomic E-state index is 13.5. The van der Waals surface area contributed by atoms with Crippen molar-refractivity contribution >= 4 is 29.5 Å². The van der Waals surface area contributed by atoms with Gasteiger partial charge in [0.15, 0.2) is 0 Å². The molecule has 0 saturated heterocycles. The van der Waals surface area contributed by atoms with Crippen LogP contribution < -0.4 is 20.5 Å². The number of aliphatic carboxylic acids is 2. The number of carboxylic acid groups (broad SMARTS) is 2. The van der Waals surface area contributed by atoms with Crippen LogP contribution in [0.5, 0.6) is 11.5 Å². The molecule has 0 radical (unpaired) electrons. The molecule has 1 amide bonds. The fourth-order valence-electron chi connectivity index (χ4n) is 4.47. The molecule has 0 aromatic heterocycles. The van der Waals surface area contributed by atoms with E-state index in [-0.39, 0.29) is 42.2 Å². The standard InChI is InChI=1S/C30H29N3O8/c31-28(32)20-7-6-18(14-24(34)30(38)39)25(15-20)41-16-22(8-9-26(35)36)33-29(37)23-13-21(17-4-2-1-3-5-17)12-19-10-11-40-27(19)23/h1-7,12-13,15,22H,8-11,14,16H2,(H3,31,32)(H,33,37)(H,35,36)(H,38,39). The Kier molecular flexibility index (Phi) is 8.98. The van der Waals surface area contributed by atoms with Gasteiger partial charge in [-0.15, -0.1) is 0 Å². The molecule has 1 heterocycles. The minimum absolute atomic E-state index is 0.0261. The second-order valence-electron chi connectivity index (χ2n) is 9.53. The van der Waals surface area contributed by atoms with E-state index in [0.717, 1.165) is 16.7 Å². The smallest absolute Gasteiger partial charge is 0.372 e. The normalized spacial score (nSPS) is 12.5. The number of hydrogen-bond donors (Lipinski definition) is 5. The number of fused-ring (bicyclic) bond motifs is 1. The zero-order valence-electron chi connectivity index (χ0n) is 22.0. The van der Waals surface area contributed by atoms with Crippen LogP contribution in [0.3, 0.4) is 0 Å². The van der Waals surface area contributed by atoms with Crippen LogP contribution >= 0.6 is 0 Å². The van der Waals surface area contributed by atoms with E-state index in [1.54, 1.807) is 6.07 Å². The van der Waals surface area contributed by atoms with Gasteiger partial charge in [-0.3, -0.25) is 19.8 Å². The number of nitrogen functional groups attached to an aromatic ring is 1. The SMILES string of the molecule is N=C(N)c1ccc(CC(=O)C(=O)O)c(OCC(CCC(=O)O)NC(=O)c2cc(-c3ccccc3)cc3c2OCC3)c1. The Bertz CT molecular complexity index is 1500. The fraction of sp³-hybridized carbons (Fsp3) is 0.233. The van der Waals surface area contributed by atoms with E-state index < -0.39 is 36.1 Å². The third kappa shape index (κ3) is 7.27. The van der Waals surface area contributed by atoms with E-state index in [2.05, 4.69) is 5.32 Å². The van der Waals surface area contributed by atoms with Crippen LogP contribution in [-0.2, 0) is 27.2 Å². The van der Waals surface area contributed by atoms with Gasteiger partial charge in [-0.1, -0.05) is 42.5 Å². The van der Waals surface area contributed by atoms with Gasteiger partial charge in [-0.25, -0.2) is 4.79 Å². The third-order valence-corrected chi connectivity index (χ3v) is 6.59. The number of benzene rings is 3. The number of ketones is 1. The summed E-state index contributed by atoms with van der Waals surface area (Å²) in [5.41, 5.74) is 9.07. The molecule has 0 fully saturated rings. The Morgan fingerprint density at radius 2 is 1.78 bits per heavy atom. The van der Waals surface area contributed by atoms with E-state index in [1.165, 1.54) is 18.2 Å². The Morgan fingerprint density at radius 1 is 1.02 bits per heavy atom. The third-order valence-electron chi connectivity index (χ3n) is 6.59. The second kappa shape index (κ2) is 12.8. The Labute approximate surface area is 235 Å². The van der Waals surface area contributed by atoms with Gasteiger partial charge in [0.1, 0.15) is 23.9 Å². The topological polar surface area (TPSA) is 189 Å². The van der Waals surface area contributed by atoms with E-state index in [0.29, 0.717) is 24.3 Å². The number of amides is 1. The summed E-state index contributed by atoms with van der Waals surface area (Å²) in [4.78, 5) is 47.8. The summed E-state index contributed by atoms with van der Waals surface area (Å²) in [5, 5.41) is 28.8. The Balaban J connectivity index is 1.59. The van der Waals surface area contributed by atoms with Crippen molar-refractivity contribution in [2.45, 2.75) is 31.7 Å². The van der Waals surface area contributed by atoms with Crippen LogP contribution in [0.25, 0.3) is 11.1 Å². The van der Waals surface area contributed by atoms with Crippen LogP contribution in [0.2, 0.25) is 0 Å². The average Bonchev–Trinajstić information content (AvgIpc) is 3.43. The lowest BCUT2D eigenvalue weighted by atomic mass is 9.97. The largest absolute Gasteiger partial charge is 0.492 e. The summed E-state index contributed by atoms with van der Waals surface area (Å²) < 4.78 is 11.6. The zero-order valence-corrected chi connectivity index (χ0v) is 22.0. The lowest BCUT2D eigenvalue weighted by Crippen LogP contribution is -2.39. The van der Waals surface area contributed by atoms with Gasteiger partial charge in [-0.2, -0.15) is 0 Å². The number of carbonyl (C=O) groups excluding carboxylic acids is 2. The highest BCUT2D eigenvalue weighted by molar-refractivity contribution is 6.33. The molecule has 4 rings (SSSR count). The van der Waals surface area contributed by atoms with E-state index in [9.17, 15) is 24.3 Å². The summed E-state index contributed by atoms with van der Waals surface area (Å²) in [6.07, 6.45) is -0.0555. The summed E-state index contributed by atoms with van der Waals surface area (Å²) in [6, 6.07) is 16.8. The first kappa shape index (κ1) is 28.8. The zero-order chi connectivity index (χ0) is 29.5. The maximum absolute atomic E-state index is 13.5. The number of amidine groups is 1. The predicted octanol–water partition coefficient (Wildman–Crippen LogP) is 2.81. The van der Waals surface area contributed by atoms with Gasteiger partial charge in [0.25, 0.3) is 5.91 Å². The molecule has 1 aliphatic heterocycles. The van der Waals surface area contributed by atoms with Gasteiger partial charge in [-0.05, 0) is 41.3 Å². The van der Waals surface area contributed by atoms with Crippen molar-refractivity contribution in [2.24, 2.45) is 5.73 Å². The Hall–Kier alpha value is -5.19. The van der Waals surface area contributed by atoms with Crippen LogP contribution in [0.1, 0.15) is 39.9 Å². The van der Waals surface area contributed by atoms with Gasteiger partial charge in [0.05, 0.1) is 18.2 Å². The van der Waals surface area contributed by atoms with E-state index >= 15 is 0 Å². The highest BCUT2D eigenvalue weighted by Crippen LogP contribution is 2.35. The van der Waals surface area contributed by atoms with Crippen LogP contribution in [0, 0.1) is 5.41 Å². The quantitative estimate of drug-likeness (QED) is 0.119. The highest BCUT2D eigenvalue weighted by atomic mass is 16.5. The van der Waals surface area contributed by atoms with Crippen LogP contribution in [0.15, 0.2) is 60.7 Å². The van der Waals surface area contributed by atoms with Gasteiger partial charge >= 0.3 is 11.9 Å². The average molecular weight is 560 g/mol. The van der Waals surface area contributed by atoms with E-state index in [4.69, 9.17) is 25.7 Å². The minimum atomic E-state index is -1.61. The number of carboxylic acids is 2. The molecule has 11 nitrogen and oxygen atoms in total. The maximum Gasteiger partial charge on any atom is 0.372 e. The highest BCUT2D eigenvalue weighted by Gasteiger charge is 2.25. The molecule has 0 saturated carbocycles. The second-order valence-corrected chi connectivity index (χ2v) is 9.53. The number of nitrogens with two attached hydrogens (primary N) is 1. The van der Waals surface area contributed by atoms with Crippen molar-refractivity contribution < 1.29 is 38.9 Å². The molecule has 1 aliphatic rings. The molecule has 6 N–H and O–H groups in total. The molecule has 3 aromatic carbocycles. The summed E-state index contributed by atoms with van der Waals surface area (Å²) in [7, 11) is 0. The first-order chi connectivity index (χ1) is 19.6. The molecule has 1 atom stereocenters. The number of ether oxygens (including phenoxy) is 2. The molecule has 41 heavy (non-hydrogen) atoms. The molecule has 0 bridgehead atoms. The van der Waals surface area contributed by atoms with Crippen LogP contribution in [-0.4, -0.2) is 58.9 Å². The number of Topliss-reactive ketones (excluding diaryl/α,β-unsaturated/α-hetero) is 1. The first-order valence-electron chi connectivity index (χ1n) is 12.9. The molecular formula is C30H29N3O8. The number of rotatable bonds is 13. The number of nitrogens with one attached hydrogen (secondary N) is 2. The molecule has 11 heteroatoms. The van der Waals surface area contributed by atoms with Crippen molar-refractivity contribution in [1.82, 2.24) is 5.32 Å². The lowest BCUT2D eigenvalue weighted by Gasteiger charge is -2.21. The molecule has 1 unspecified atom stereocenters. The molecular weight excluding hydrogens is 530 g/mol. The first-order valence-corrected chi connectivity index (χ1v) is 12.9. The van der Waals surface area contributed by atoms with Crippen molar-refractivity contribution in [3.05, 3.63) is 82.9 Å². The number of hydrogen-bond acceptors (Lipinski definition) is 7. The van der Waals surface area contributed by atoms with Crippen molar-refractivity contribution in [2.75, 3.05) is 13.2 Å². The fourth-order valence-corrected chi connectivity index (χ4v) is 4.47. The lowest BCUT2D eigenvalue weighted by molar-refractivity contribution is -0.148. The van der Waals surface area contributed by atoms with E-state index in [1.807, 2.05) is 36.4 Å². The molecule has 212 valence electrons. The van der Waals surface area contributed by atoms with Crippen molar-refractivity contribution in [3.8, 4) is 22.6 Å². The summed E-state index contributed by atoms with van der Waals surface area (Å²) in [6.45, 7) is 0.236. The number of carbonyl (C=O) groups is 4.